The highest BCUT2D eigenvalue weighted by Crippen LogP contribution is 2.69. The molecule has 3 heterocycles. The van der Waals surface area contributed by atoms with Gasteiger partial charge in [0.05, 0.1) is 59.6 Å². The summed E-state index contributed by atoms with van der Waals surface area (Å²) in [5, 5.41) is 12.3. The zero-order valence-electron chi connectivity index (χ0n) is 36.6. The summed E-state index contributed by atoms with van der Waals surface area (Å²) in [5.41, 5.74) is -0.282. The number of unbranched alkanes of at least 4 members (excludes halogenated alkanes) is 2. The van der Waals surface area contributed by atoms with Crippen molar-refractivity contribution < 1.29 is 57.2 Å². The predicted octanol–water partition coefficient (Wildman–Crippen LogP) is 8.66. The summed E-state index contributed by atoms with van der Waals surface area (Å²) >= 11 is 3.93. The summed E-state index contributed by atoms with van der Waals surface area (Å²) in [6.45, 7) is 18.4. The molecule has 0 N–H and O–H groups in total. The van der Waals surface area contributed by atoms with Crippen molar-refractivity contribution in [1.29, 1.82) is 5.26 Å². The molecule has 2 unspecified atom stereocenters. The van der Waals surface area contributed by atoms with Gasteiger partial charge in [-0.25, -0.2) is 24.4 Å². The number of esters is 5. The van der Waals surface area contributed by atoms with Gasteiger partial charge in [-0.3, -0.25) is 19.2 Å². The molecule has 0 saturated carbocycles. The quantitative estimate of drug-likeness (QED) is 0.0267. The summed E-state index contributed by atoms with van der Waals surface area (Å²) in [6.07, 6.45) is 5.34. The van der Waals surface area contributed by atoms with Gasteiger partial charge in [-0.15, -0.1) is 0 Å². The van der Waals surface area contributed by atoms with Gasteiger partial charge >= 0.3 is 29.8 Å². The van der Waals surface area contributed by atoms with Gasteiger partial charge < -0.3 is 23.7 Å². The summed E-state index contributed by atoms with van der Waals surface area (Å²) in [6, 6.07) is 1.94. The molecular formula is C44H53N3O12S4. The first-order valence-corrected chi connectivity index (χ1v) is 24.1. The van der Waals surface area contributed by atoms with Crippen molar-refractivity contribution in [2.45, 2.75) is 119 Å². The maximum Gasteiger partial charge on any atom is 0.350 e. The zero-order chi connectivity index (χ0) is 46.5. The van der Waals surface area contributed by atoms with Gasteiger partial charge in [-0.2, -0.15) is 5.26 Å². The third-order valence-electron chi connectivity index (χ3n) is 9.84. The highest BCUT2D eigenvalue weighted by Gasteiger charge is 2.47. The van der Waals surface area contributed by atoms with Gasteiger partial charge in [0.25, 0.3) is 11.8 Å². The smallest absolute Gasteiger partial charge is 0.350 e. The van der Waals surface area contributed by atoms with E-state index in [-0.39, 0.29) is 85.0 Å². The summed E-state index contributed by atoms with van der Waals surface area (Å²) in [5.74, 6) is -5.61. The largest absolute Gasteiger partial charge is 0.462 e. The predicted molar refractivity (Wildman–Crippen MR) is 239 cm³/mol. The molecule has 63 heavy (non-hydrogen) atoms. The van der Waals surface area contributed by atoms with E-state index in [9.17, 15) is 38.8 Å². The topological polar surface area (TPSA) is 196 Å². The SMILES string of the molecule is C=C(C)C(=O)OCCN1C(=O)C(=C2Sc3c(OC(=O)C(CC)CCCC)c4c(c(OC(=O)C(CC)CCCC)c3S2)SC(=C(C#N)C(=O)OCC)S4)C(=O)N1CCOC(=O)C(=C)C. The molecule has 0 bridgehead atoms. The van der Waals surface area contributed by atoms with Crippen LogP contribution in [0, 0.1) is 23.2 Å². The molecule has 2 atom stereocenters. The van der Waals surface area contributed by atoms with Crippen LogP contribution in [0.4, 0.5) is 0 Å². The number of amides is 2. The minimum Gasteiger partial charge on any atom is -0.462 e. The summed E-state index contributed by atoms with van der Waals surface area (Å²) < 4.78 is 28.7. The van der Waals surface area contributed by atoms with Crippen LogP contribution in [0.15, 0.2) is 63.5 Å². The number of fused-ring (bicyclic) bond motifs is 2. The monoisotopic (exact) mass is 943 g/mol. The zero-order valence-corrected chi connectivity index (χ0v) is 39.9. The van der Waals surface area contributed by atoms with E-state index in [4.69, 9.17) is 23.7 Å². The number of hydrogen-bond acceptors (Lipinski definition) is 17. The van der Waals surface area contributed by atoms with Crippen LogP contribution in [0.25, 0.3) is 0 Å². The Bertz CT molecular complexity index is 2040. The maximum atomic E-state index is 14.4. The standard InChI is InChI=1S/C44H53N3O12S4/c1-10-15-17-26(12-3)40(52)58-30-32-33(61-43(60-32)28(23-45)42(54)55-14-5)31(59-41(53)27(13-4)18-16-11-2)35-34(30)62-44(63-35)29-36(48)46(19-21-56-38(50)24(6)7)47(37(29)49)20-22-57-39(51)25(8)9/h26-27H,6,8,10-22H2,1-5,7,9H3. The van der Waals surface area contributed by atoms with E-state index in [0.717, 1.165) is 82.7 Å². The highest BCUT2D eigenvalue weighted by atomic mass is 32.2. The number of carbonyl (C=O) groups excluding carboxylic acids is 7. The minimum atomic E-state index is -0.851. The third kappa shape index (κ3) is 12.1. The molecule has 0 spiro atoms. The molecular weight excluding hydrogens is 891 g/mol. The van der Waals surface area contributed by atoms with Crippen LogP contribution in [-0.4, -0.2) is 84.6 Å². The molecule has 3 aliphatic rings. The lowest BCUT2D eigenvalue weighted by molar-refractivity contribution is -0.154. The van der Waals surface area contributed by atoms with E-state index in [1.165, 1.54) is 13.8 Å². The Morgan fingerprint density at radius 1 is 0.651 bits per heavy atom. The van der Waals surface area contributed by atoms with E-state index in [1.54, 1.807) is 6.92 Å². The number of hydrogen-bond donors (Lipinski definition) is 0. The summed E-state index contributed by atoms with van der Waals surface area (Å²) in [4.78, 5) is 95.4. The number of rotatable bonds is 22. The van der Waals surface area contributed by atoms with Crippen LogP contribution in [0.2, 0.25) is 0 Å². The molecule has 3 aliphatic heterocycles. The first kappa shape index (κ1) is 51.0. The first-order valence-electron chi connectivity index (χ1n) is 20.8. The Morgan fingerprint density at radius 2 is 1.06 bits per heavy atom. The fourth-order valence-corrected chi connectivity index (χ4v) is 11.7. The molecule has 340 valence electrons. The number of nitriles is 1. The van der Waals surface area contributed by atoms with Crippen LogP contribution in [0.3, 0.4) is 0 Å². The van der Waals surface area contributed by atoms with Crippen LogP contribution >= 0.6 is 47.0 Å². The Hall–Kier alpha value is -4.64. The fourth-order valence-electron chi connectivity index (χ4n) is 6.30. The maximum absolute atomic E-state index is 14.4. The molecule has 0 radical (unpaired) electrons. The molecule has 1 fully saturated rings. The molecule has 19 heteroatoms. The molecule has 4 rings (SSSR count). The van der Waals surface area contributed by atoms with Crippen molar-refractivity contribution in [3.05, 3.63) is 43.9 Å². The molecule has 1 saturated heterocycles. The molecule has 15 nitrogen and oxygen atoms in total. The van der Waals surface area contributed by atoms with Gasteiger partial charge in [0.1, 0.15) is 24.9 Å². The van der Waals surface area contributed by atoms with Crippen molar-refractivity contribution in [2.75, 3.05) is 32.9 Å². The van der Waals surface area contributed by atoms with Gasteiger partial charge in [-0.05, 0) is 46.5 Å². The summed E-state index contributed by atoms with van der Waals surface area (Å²) in [7, 11) is 0. The second-order valence-electron chi connectivity index (χ2n) is 14.6. The molecule has 0 aromatic heterocycles. The van der Waals surface area contributed by atoms with Gasteiger partial charge in [0.15, 0.2) is 17.1 Å². The Morgan fingerprint density at radius 3 is 1.41 bits per heavy atom. The van der Waals surface area contributed by atoms with Gasteiger partial charge in [0, 0.05) is 11.1 Å². The van der Waals surface area contributed by atoms with E-state index < -0.39 is 53.5 Å². The van der Waals surface area contributed by atoms with Crippen LogP contribution in [0.5, 0.6) is 11.5 Å². The van der Waals surface area contributed by atoms with Crippen LogP contribution in [-0.2, 0) is 47.8 Å². The Balaban J connectivity index is 1.94. The highest BCUT2D eigenvalue weighted by molar-refractivity contribution is 8.26. The van der Waals surface area contributed by atoms with E-state index in [0.29, 0.717) is 35.5 Å². The van der Waals surface area contributed by atoms with E-state index >= 15 is 0 Å². The number of carbonyl (C=O) groups is 7. The lowest BCUT2D eigenvalue weighted by Gasteiger charge is -2.26. The second kappa shape index (κ2) is 23.9. The lowest BCUT2D eigenvalue weighted by atomic mass is 10.00. The van der Waals surface area contributed by atoms with Gasteiger partial charge in [-0.1, -0.05) is 114 Å². The normalized spacial score (nSPS) is 15.0. The van der Waals surface area contributed by atoms with Crippen LogP contribution in [0.1, 0.15) is 99.8 Å². The molecule has 1 aromatic rings. The lowest BCUT2D eigenvalue weighted by Crippen LogP contribution is -2.44. The van der Waals surface area contributed by atoms with E-state index in [2.05, 4.69) is 13.2 Å². The van der Waals surface area contributed by atoms with Crippen molar-refractivity contribution in [3.8, 4) is 17.6 Å². The molecule has 2 amide bonds. The fraction of sp³-hybridized carbons (Fsp3) is 0.500. The average Bonchev–Trinajstić information content (AvgIpc) is 3.94. The van der Waals surface area contributed by atoms with Crippen molar-refractivity contribution in [1.82, 2.24) is 10.0 Å². The second-order valence-corrected chi connectivity index (χ2v) is 19.2. The number of nitrogens with zero attached hydrogens (tertiary/aromatic N) is 3. The molecule has 0 aliphatic carbocycles. The Kier molecular flexibility index (Phi) is 19.3. The van der Waals surface area contributed by atoms with Gasteiger partial charge in [0.2, 0.25) is 0 Å². The van der Waals surface area contributed by atoms with E-state index in [1.807, 2.05) is 33.8 Å². The third-order valence-corrected chi connectivity index (χ3v) is 15.0. The van der Waals surface area contributed by atoms with Crippen molar-refractivity contribution >= 4 is 88.7 Å². The average molecular weight is 944 g/mol. The van der Waals surface area contributed by atoms with Crippen molar-refractivity contribution in [3.63, 3.8) is 0 Å². The number of hydrazine groups is 1. The number of benzene rings is 1. The van der Waals surface area contributed by atoms with Crippen molar-refractivity contribution in [2.24, 2.45) is 11.8 Å². The Labute approximate surface area is 385 Å². The molecule has 1 aromatic carbocycles. The van der Waals surface area contributed by atoms with Crippen LogP contribution < -0.4 is 9.47 Å². The number of ether oxygens (including phenoxy) is 5. The minimum absolute atomic E-state index is 0.0161. The first-order chi connectivity index (χ1) is 30.1. The number of thioether (sulfide) groups is 4.